The molecule has 1 unspecified atom stereocenters. The number of alkyl halides is 1. The van der Waals surface area contributed by atoms with Crippen molar-refractivity contribution in [3.8, 4) is 0 Å². The van der Waals surface area contributed by atoms with Crippen molar-refractivity contribution in [1.82, 2.24) is 4.90 Å². The summed E-state index contributed by atoms with van der Waals surface area (Å²) in [5.74, 6) is 0.369. The van der Waals surface area contributed by atoms with E-state index >= 15 is 0 Å². The molecule has 0 bridgehead atoms. The first-order valence-electron chi connectivity index (χ1n) is 4.51. The molecule has 0 N–H and O–H groups in total. The van der Waals surface area contributed by atoms with Gasteiger partial charge in [0.05, 0.1) is 0 Å². The number of halogens is 1. The molecule has 0 heterocycles. The van der Waals surface area contributed by atoms with Gasteiger partial charge in [0.15, 0.2) is 0 Å². The third-order valence-electron chi connectivity index (χ3n) is 1.89. The molecule has 0 saturated heterocycles. The van der Waals surface area contributed by atoms with E-state index in [1.807, 2.05) is 20.8 Å². The van der Waals surface area contributed by atoms with Crippen LogP contribution in [0.5, 0.6) is 0 Å². The number of rotatable bonds is 5. The third-order valence-corrected chi connectivity index (χ3v) is 2.35. The first-order valence-corrected chi connectivity index (χ1v) is 5.05. The number of hydrogen-bond acceptors (Lipinski definition) is 1. The smallest absolute Gasteiger partial charge is 0.227 e. The van der Waals surface area contributed by atoms with E-state index in [1.165, 1.54) is 0 Å². The fraction of sp³-hybridized carbons (Fsp3) is 0.700. The second-order valence-electron chi connectivity index (χ2n) is 3.43. The van der Waals surface area contributed by atoms with Crippen LogP contribution in [0.2, 0.25) is 0 Å². The lowest BCUT2D eigenvalue weighted by atomic mass is 10.1. The fourth-order valence-corrected chi connectivity index (χ4v) is 1.18. The van der Waals surface area contributed by atoms with Gasteiger partial charge in [-0.15, -0.1) is 18.2 Å². The van der Waals surface area contributed by atoms with Gasteiger partial charge in [-0.3, -0.25) is 4.79 Å². The molecule has 2 nitrogen and oxygen atoms in total. The zero-order chi connectivity index (χ0) is 10.4. The summed E-state index contributed by atoms with van der Waals surface area (Å²) >= 11 is 5.62. The lowest BCUT2D eigenvalue weighted by Crippen LogP contribution is -2.40. The van der Waals surface area contributed by atoms with Crippen LogP contribution in [0.3, 0.4) is 0 Å². The van der Waals surface area contributed by atoms with E-state index < -0.39 is 0 Å². The Morgan fingerprint density at radius 1 is 1.54 bits per heavy atom. The molecule has 0 rings (SSSR count). The van der Waals surface area contributed by atoms with Gasteiger partial charge in [-0.2, -0.15) is 0 Å². The van der Waals surface area contributed by atoms with Gasteiger partial charge in [0.2, 0.25) is 5.91 Å². The molecule has 1 atom stereocenters. The molecule has 76 valence electrons. The van der Waals surface area contributed by atoms with Crippen molar-refractivity contribution in [3.63, 3.8) is 0 Å². The lowest BCUT2D eigenvalue weighted by molar-refractivity contribution is -0.135. The maximum atomic E-state index is 11.7. The fourth-order valence-electron chi connectivity index (χ4n) is 1.04. The number of hydrogen-bond donors (Lipinski definition) is 0. The summed E-state index contributed by atoms with van der Waals surface area (Å²) in [5.41, 5.74) is 0. The van der Waals surface area contributed by atoms with E-state index in [4.69, 9.17) is 11.6 Å². The highest BCUT2D eigenvalue weighted by Gasteiger charge is 2.20. The van der Waals surface area contributed by atoms with E-state index in [0.717, 1.165) is 0 Å². The maximum absolute atomic E-state index is 11.7. The van der Waals surface area contributed by atoms with Gasteiger partial charge in [0.1, 0.15) is 0 Å². The number of carbonyl (C=O) groups is 1. The number of nitrogens with zero attached hydrogens (tertiary/aromatic N) is 1. The van der Waals surface area contributed by atoms with Crippen molar-refractivity contribution in [2.45, 2.75) is 26.8 Å². The average Bonchev–Trinajstić information content (AvgIpc) is 2.11. The predicted octanol–water partition coefficient (Wildman–Crippen LogP) is 2.28. The summed E-state index contributed by atoms with van der Waals surface area (Å²) < 4.78 is 0. The van der Waals surface area contributed by atoms with Crippen LogP contribution in [-0.2, 0) is 4.79 Å². The van der Waals surface area contributed by atoms with Gasteiger partial charge in [-0.25, -0.2) is 0 Å². The van der Waals surface area contributed by atoms with Crippen LogP contribution in [0.15, 0.2) is 12.7 Å². The molecule has 0 aromatic heterocycles. The highest BCUT2D eigenvalue weighted by molar-refractivity contribution is 6.19. The van der Waals surface area contributed by atoms with Crippen LogP contribution in [0.4, 0.5) is 0 Å². The van der Waals surface area contributed by atoms with Gasteiger partial charge in [0, 0.05) is 24.4 Å². The molecule has 0 fully saturated rings. The zero-order valence-corrected chi connectivity index (χ0v) is 9.34. The van der Waals surface area contributed by atoms with Crippen LogP contribution < -0.4 is 0 Å². The van der Waals surface area contributed by atoms with Gasteiger partial charge < -0.3 is 4.90 Å². The van der Waals surface area contributed by atoms with Crippen molar-refractivity contribution >= 4 is 17.5 Å². The summed E-state index contributed by atoms with van der Waals surface area (Å²) in [6.45, 7) is 10.0. The minimum atomic E-state index is -0.107. The minimum absolute atomic E-state index is 0.102. The molecule has 13 heavy (non-hydrogen) atoms. The van der Waals surface area contributed by atoms with Crippen LogP contribution in [0.1, 0.15) is 20.8 Å². The number of amides is 1. The van der Waals surface area contributed by atoms with Crippen molar-refractivity contribution in [3.05, 3.63) is 12.7 Å². The van der Waals surface area contributed by atoms with Gasteiger partial charge in [-0.1, -0.05) is 13.0 Å². The Kier molecular flexibility index (Phi) is 5.80. The zero-order valence-electron chi connectivity index (χ0n) is 8.59. The van der Waals surface area contributed by atoms with E-state index in [2.05, 4.69) is 6.58 Å². The third kappa shape index (κ3) is 3.81. The van der Waals surface area contributed by atoms with E-state index in [-0.39, 0.29) is 17.9 Å². The molecule has 0 aliphatic carbocycles. The van der Waals surface area contributed by atoms with Crippen LogP contribution in [0.25, 0.3) is 0 Å². The molecule has 0 radical (unpaired) electrons. The molecule has 0 aliphatic heterocycles. The second kappa shape index (κ2) is 6.03. The van der Waals surface area contributed by atoms with Crippen molar-refractivity contribution in [1.29, 1.82) is 0 Å². The average molecular weight is 204 g/mol. The molecular weight excluding hydrogens is 186 g/mol. The second-order valence-corrected chi connectivity index (χ2v) is 3.74. The summed E-state index contributed by atoms with van der Waals surface area (Å²) in [6.07, 6.45) is 1.73. The highest BCUT2D eigenvalue weighted by atomic mass is 35.5. The summed E-state index contributed by atoms with van der Waals surface area (Å²) in [4.78, 5) is 13.5. The molecular formula is C10H18ClNO. The predicted molar refractivity (Wildman–Crippen MR) is 56.9 cm³/mol. The maximum Gasteiger partial charge on any atom is 0.227 e. The Balaban J connectivity index is 4.35. The van der Waals surface area contributed by atoms with Crippen LogP contribution >= 0.6 is 11.6 Å². The Bertz CT molecular complexity index is 180. The Hall–Kier alpha value is -0.500. The normalized spacial score (nSPS) is 12.7. The molecule has 3 heteroatoms. The standard InChI is InChI=1S/C10H18ClNO/c1-5-6-12(8(2)3)10(13)9(4)7-11/h5,8-9H,1,6-7H2,2-4H3. The van der Waals surface area contributed by atoms with E-state index in [1.54, 1.807) is 11.0 Å². The van der Waals surface area contributed by atoms with E-state index in [0.29, 0.717) is 12.4 Å². The summed E-state index contributed by atoms with van der Waals surface area (Å²) in [7, 11) is 0. The topological polar surface area (TPSA) is 20.3 Å². The molecule has 0 aliphatic rings. The number of carbonyl (C=O) groups excluding carboxylic acids is 1. The first-order chi connectivity index (χ1) is 6.04. The van der Waals surface area contributed by atoms with Gasteiger partial charge in [-0.05, 0) is 13.8 Å². The summed E-state index contributed by atoms with van der Waals surface area (Å²) in [6, 6.07) is 0.205. The van der Waals surface area contributed by atoms with Crippen molar-refractivity contribution in [2.75, 3.05) is 12.4 Å². The Morgan fingerprint density at radius 2 is 2.08 bits per heavy atom. The van der Waals surface area contributed by atoms with Crippen LogP contribution in [0, 0.1) is 5.92 Å². The largest absolute Gasteiger partial charge is 0.336 e. The molecule has 0 saturated carbocycles. The Labute approximate surface area is 85.6 Å². The molecule has 0 spiro atoms. The Morgan fingerprint density at radius 3 is 2.38 bits per heavy atom. The first kappa shape index (κ1) is 12.5. The highest BCUT2D eigenvalue weighted by Crippen LogP contribution is 2.08. The minimum Gasteiger partial charge on any atom is -0.336 e. The lowest BCUT2D eigenvalue weighted by Gasteiger charge is -2.27. The van der Waals surface area contributed by atoms with Gasteiger partial charge in [0.25, 0.3) is 0 Å². The molecule has 0 aromatic carbocycles. The monoisotopic (exact) mass is 203 g/mol. The molecule has 1 amide bonds. The van der Waals surface area contributed by atoms with Crippen LogP contribution in [-0.4, -0.2) is 29.3 Å². The quantitative estimate of drug-likeness (QED) is 0.496. The van der Waals surface area contributed by atoms with Crippen molar-refractivity contribution < 1.29 is 4.79 Å². The SMILES string of the molecule is C=CCN(C(=O)C(C)CCl)C(C)C. The summed E-state index contributed by atoms with van der Waals surface area (Å²) in [5, 5.41) is 0. The van der Waals surface area contributed by atoms with Gasteiger partial charge >= 0.3 is 0 Å². The van der Waals surface area contributed by atoms with E-state index in [9.17, 15) is 4.79 Å². The molecule has 0 aromatic rings. The van der Waals surface area contributed by atoms with Crippen molar-refractivity contribution in [2.24, 2.45) is 5.92 Å².